The van der Waals surface area contributed by atoms with Gasteiger partial charge in [-0.15, -0.1) is 0 Å². The van der Waals surface area contributed by atoms with Gasteiger partial charge in [0.05, 0.1) is 38.8 Å². The van der Waals surface area contributed by atoms with Crippen molar-refractivity contribution in [1.29, 1.82) is 0 Å². The maximum Gasteiger partial charge on any atom is 0.273 e. The van der Waals surface area contributed by atoms with Crippen LogP contribution in [0.25, 0.3) is 0 Å². The van der Waals surface area contributed by atoms with Crippen LogP contribution in [0, 0.1) is 0 Å². The smallest absolute Gasteiger partial charge is 0.273 e. The Bertz CT molecular complexity index is 989. The summed E-state index contributed by atoms with van der Waals surface area (Å²) in [7, 11) is 0. The third kappa shape index (κ3) is 7.12. The molecule has 35 heavy (non-hydrogen) atoms. The summed E-state index contributed by atoms with van der Waals surface area (Å²) >= 11 is 0. The molecule has 2 aliphatic heterocycles. The van der Waals surface area contributed by atoms with Crippen LogP contribution in [-0.2, 0) is 20.9 Å². The number of ether oxygens (including phenoxy) is 1. The second-order valence-electron chi connectivity index (χ2n) is 8.88. The Balaban J connectivity index is 1.39. The van der Waals surface area contributed by atoms with E-state index in [1.807, 2.05) is 30.3 Å². The number of nitrogens with zero attached hydrogens (tertiary/aromatic N) is 3. The maximum absolute atomic E-state index is 13.3. The van der Waals surface area contributed by atoms with Gasteiger partial charge in [0, 0.05) is 32.2 Å². The SMILES string of the molecule is O=C1CC(c2ccccc2)N(C(=O)CNC(=O)c2cc(CN3CCOCC3)on2)CCCCCN1. The minimum atomic E-state index is -0.467. The highest BCUT2D eigenvalue weighted by Gasteiger charge is 2.28. The molecule has 0 spiro atoms. The minimum absolute atomic E-state index is 0.0852. The molecule has 3 amide bonds. The van der Waals surface area contributed by atoms with Gasteiger partial charge in [-0.25, -0.2) is 0 Å². The zero-order valence-electron chi connectivity index (χ0n) is 19.9. The van der Waals surface area contributed by atoms with E-state index in [-0.39, 0.29) is 30.5 Å². The summed E-state index contributed by atoms with van der Waals surface area (Å²) in [6.07, 6.45) is 2.78. The first kappa shape index (κ1) is 24.9. The number of morpholine rings is 1. The van der Waals surface area contributed by atoms with Crippen molar-refractivity contribution in [2.24, 2.45) is 0 Å². The van der Waals surface area contributed by atoms with Gasteiger partial charge in [0.15, 0.2) is 11.5 Å². The fourth-order valence-corrected chi connectivity index (χ4v) is 4.42. The van der Waals surface area contributed by atoms with E-state index in [9.17, 15) is 14.4 Å². The van der Waals surface area contributed by atoms with Crippen LogP contribution in [0.2, 0.25) is 0 Å². The van der Waals surface area contributed by atoms with Crippen molar-refractivity contribution in [1.82, 2.24) is 25.6 Å². The molecule has 188 valence electrons. The van der Waals surface area contributed by atoms with E-state index in [2.05, 4.69) is 20.7 Å². The number of carbonyl (C=O) groups is 3. The summed E-state index contributed by atoms with van der Waals surface area (Å²) in [5.41, 5.74) is 1.04. The van der Waals surface area contributed by atoms with E-state index >= 15 is 0 Å². The maximum atomic E-state index is 13.3. The molecule has 1 aromatic heterocycles. The lowest BCUT2D eigenvalue weighted by atomic mass is 10.00. The predicted octanol–water partition coefficient (Wildman–Crippen LogP) is 1.50. The fraction of sp³-hybridized carbons (Fsp3) is 0.520. The number of benzene rings is 1. The van der Waals surface area contributed by atoms with Crippen LogP contribution in [0.5, 0.6) is 0 Å². The molecule has 1 aromatic carbocycles. The van der Waals surface area contributed by atoms with Gasteiger partial charge in [0.25, 0.3) is 5.91 Å². The molecule has 2 fully saturated rings. The number of rotatable bonds is 6. The van der Waals surface area contributed by atoms with Crippen molar-refractivity contribution in [3.63, 3.8) is 0 Å². The van der Waals surface area contributed by atoms with Gasteiger partial charge in [0.1, 0.15) is 0 Å². The van der Waals surface area contributed by atoms with Crippen LogP contribution in [0.3, 0.4) is 0 Å². The van der Waals surface area contributed by atoms with E-state index in [0.29, 0.717) is 38.6 Å². The molecule has 2 saturated heterocycles. The van der Waals surface area contributed by atoms with Gasteiger partial charge in [0.2, 0.25) is 11.8 Å². The second-order valence-corrected chi connectivity index (χ2v) is 8.88. The first-order chi connectivity index (χ1) is 17.1. The first-order valence-corrected chi connectivity index (χ1v) is 12.2. The summed E-state index contributed by atoms with van der Waals surface area (Å²) in [5.74, 6) is -0.199. The van der Waals surface area contributed by atoms with Gasteiger partial charge in [-0.3, -0.25) is 19.3 Å². The highest BCUT2D eigenvalue weighted by molar-refractivity contribution is 5.95. The molecule has 1 atom stereocenters. The topological polar surface area (TPSA) is 117 Å². The summed E-state index contributed by atoms with van der Waals surface area (Å²) in [5, 5.41) is 9.48. The molecule has 2 aliphatic rings. The third-order valence-electron chi connectivity index (χ3n) is 6.33. The van der Waals surface area contributed by atoms with Crippen molar-refractivity contribution in [2.45, 2.75) is 38.3 Å². The normalized spacial score (nSPS) is 20.2. The molecule has 0 radical (unpaired) electrons. The Labute approximate surface area is 204 Å². The molecule has 0 aliphatic carbocycles. The van der Waals surface area contributed by atoms with Gasteiger partial charge in [-0.2, -0.15) is 0 Å². The Hall–Kier alpha value is -3.24. The molecule has 2 N–H and O–H groups in total. The number of aromatic nitrogens is 1. The average Bonchev–Trinajstić information content (AvgIpc) is 3.35. The standard InChI is InChI=1S/C25H33N5O5/c31-23-16-22(19-7-3-1-4-8-19)30(10-6-2-5-9-26-23)24(32)17-27-25(33)21-15-20(35-28-21)18-29-11-13-34-14-12-29/h1,3-4,7-8,15,22H,2,5-6,9-14,16-18H2,(H,26,31)(H,27,33). The highest BCUT2D eigenvalue weighted by atomic mass is 16.5. The lowest BCUT2D eigenvalue weighted by molar-refractivity contribution is -0.134. The van der Waals surface area contributed by atoms with Crippen molar-refractivity contribution in [2.75, 3.05) is 45.9 Å². The van der Waals surface area contributed by atoms with Crippen LogP contribution in [0.4, 0.5) is 0 Å². The summed E-state index contributed by atoms with van der Waals surface area (Å²) in [6.45, 7) is 4.48. The Morgan fingerprint density at radius 2 is 1.89 bits per heavy atom. The largest absolute Gasteiger partial charge is 0.379 e. The predicted molar refractivity (Wildman–Crippen MR) is 127 cm³/mol. The van der Waals surface area contributed by atoms with Crippen molar-refractivity contribution in [3.8, 4) is 0 Å². The van der Waals surface area contributed by atoms with E-state index in [1.54, 1.807) is 11.0 Å². The number of hydrogen-bond donors (Lipinski definition) is 2. The molecular weight excluding hydrogens is 450 g/mol. The van der Waals surface area contributed by atoms with Crippen molar-refractivity contribution >= 4 is 17.7 Å². The third-order valence-corrected chi connectivity index (χ3v) is 6.33. The van der Waals surface area contributed by atoms with E-state index in [0.717, 1.165) is 37.9 Å². The number of nitrogens with one attached hydrogen (secondary N) is 2. The Morgan fingerprint density at radius 3 is 2.69 bits per heavy atom. The highest BCUT2D eigenvalue weighted by Crippen LogP contribution is 2.26. The number of amides is 3. The van der Waals surface area contributed by atoms with Crippen molar-refractivity contribution in [3.05, 3.63) is 53.4 Å². The van der Waals surface area contributed by atoms with E-state index < -0.39 is 11.9 Å². The molecule has 4 rings (SSSR count). The van der Waals surface area contributed by atoms with Gasteiger partial charge < -0.3 is 24.8 Å². The quantitative estimate of drug-likeness (QED) is 0.639. The van der Waals surface area contributed by atoms with E-state index in [1.165, 1.54) is 0 Å². The van der Waals surface area contributed by atoms with Crippen molar-refractivity contribution < 1.29 is 23.6 Å². The van der Waals surface area contributed by atoms with Crippen LogP contribution in [0.1, 0.15) is 53.5 Å². The van der Waals surface area contributed by atoms with E-state index in [4.69, 9.17) is 9.26 Å². The molecule has 2 aromatic rings. The summed E-state index contributed by atoms with van der Waals surface area (Å²) in [4.78, 5) is 42.3. The fourth-order valence-electron chi connectivity index (χ4n) is 4.42. The van der Waals surface area contributed by atoms with Gasteiger partial charge in [-0.1, -0.05) is 35.5 Å². The molecule has 10 nitrogen and oxygen atoms in total. The summed E-state index contributed by atoms with van der Waals surface area (Å²) in [6, 6.07) is 10.8. The first-order valence-electron chi connectivity index (χ1n) is 12.2. The Morgan fingerprint density at radius 1 is 1.09 bits per heavy atom. The Kier molecular flexibility index (Phi) is 8.85. The number of carbonyl (C=O) groups excluding carboxylic acids is 3. The molecule has 0 bridgehead atoms. The van der Waals surface area contributed by atoms with Gasteiger partial charge in [-0.05, 0) is 24.8 Å². The molecular formula is C25H33N5O5. The zero-order valence-corrected chi connectivity index (χ0v) is 19.9. The molecule has 1 unspecified atom stereocenters. The monoisotopic (exact) mass is 483 g/mol. The lowest BCUT2D eigenvalue weighted by Gasteiger charge is -2.33. The molecule has 10 heteroatoms. The number of hydrogen-bond acceptors (Lipinski definition) is 7. The lowest BCUT2D eigenvalue weighted by Crippen LogP contribution is -2.44. The molecule has 3 heterocycles. The minimum Gasteiger partial charge on any atom is -0.379 e. The zero-order chi connectivity index (χ0) is 24.5. The second kappa shape index (κ2) is 12.5. The van der Waals surface area contributed by atoms with Gasteiger partial charge >= 0.3 is 0 Å². The van der Waals surface area contributed by atoms with Crippen LogP contribution in [-0.4, -0.2) is 78.6 Å². The average molecular weight is 484 g/mol. The van der Waals surface area contributed by atoms with Crippen LogP contribution in [0.15, 0.2) is 40.9 Å². The van der Waals surface area contributed by atoms with Crippen LogP contribution >= 0.6 is 0 Å². The molecule has 0 saturated carbocycles. The van der Waals surface area contributed by atoms with Crippen LogP contribution < -0.4 is 10.6 Å². The summed E-state index contributed by atoms with van der Waals surface area (Å²) < 4.78 is 10.7.